The molecule has 7 nitrogen and oxygen atoms in total. The van der Waals surface area contributed by atoms with Gasteiger partial charge < -0.3 is 10.6 Å². The van der Waals surface area contributed by atoms with Gasteiger partial charge in [-0.15, -0.1) is 0 Å². The van der Waals surface area contributed by atoms with Crippen LogP contribution in [0, 0.1) is 27.7 Å². The highest BCUT2D eigenvalue weighted by Crippen LogP contribution is 2.28. The Hall–Kier alpha value is -2.71. The molecular formula is C23H29N3O4S. The van der Waals surface area contributed by atoms with Gasteiger partial charge in [-0.1, -0.05) is 24.3 Å². The van der Waals surface area contributed by atoms with Crippen LogP contribution in [0.5, 0.6) is 0 Å². The van der Waals surface area contributed by atoms with Crippen molar-refractivity contribution in [2.45, 2.75) is 51.5 Å². The van der Waals surface area contributed by atoms with Gasteiger partial charge in [0.2, 0.25) is 10.0 Å². The van der Waals surface area contributed by atoms with Crippen LogP contribution in [0.4, 0.5) is 5.69 Å². The number of benzene rings is 2. The van der Waals surface area contributed by atoms with Crippen molar-refractivity contribution < 1.29 is 18.0 Å². The second kappa shape index (κ2) is 9.20. The summed E-state index contributed by atoms with van der Waals surface area (Å²) in [7, 11) is -3.69. The molecule has 1 atom stereocenters. The number of nitrogens with zero attached hydrogens (tertiary/aromatic N) is 1. The number of anilines is 1. The Morgan fingerprint density at radius 1 is 1.03 bits per heavy atom. The SMILES string of the molecule is Cc1ccc(C)c(S(=O)(=O)N2CCCC2CNC(=O)C(=O)Nc2cccc(C)c2C)c1. The van der Waals surface area contributed by atoms with Crippen LogP contribution in [0.2, 0.25) is 0 Å². The van der Waals surface area contributed by atoms with Crippen molar-refractivity contribution in [3.05, 3.63) is 58.7 Å². The smallest absolute Gasteiger partial charge is 0.313 e. The van der Waals surface area contributed by atoms with Gasteiger partial charge in [-0.3, -0.25) is 9.59 Å². The highest BCUT2D eigenvalue weighted by molar-refractivity contribution is 7.89. The first-order valence-electron chi connectivity index (χ1n) is 10.4. The number of amides is 2. The van der Waals surface area contributed by atoms with Gasteiger partial charge in [0.05, 0.1) is 4.90 Å². The summed E-state index contributed by atoms with van der Waals surface area (Å²) in [6.45, 7) is 7.91. The van der Waals surface area contributed by atoms with Gasteiger partial charge in [-0.25, -0.2) is 8.42 Å². The fourth-order valence-corrected chi connectivity index (χ4v) is 5.80. The number of carbonyl (C=O) groups is 2. The number of hydrogen-bond donors (Lipinski definition) is 2. The lowest BCUT2D eigenvalue weighted by molar-refractivity contribution is -0.136. The Morgan fingerprint density at radius 2 is 1.77 bits per heavy atom. The third-order valence-corrected chi connectivity index (χ3v) is 7.90. The summed E-state index contributed by atoms with van der Waals surface area (Å²) in [5.41, 5.74) is 4.05. The van der Waals surface area contributed by atoms with Crippen LogP contribution in [-0.4, -0.2) is 43.7 Å². The summed E-state index contributed by atoms with van der Waals surface area (Å²) in [6.07, 6.45) is 1.34. The molecule has 1 aliphatic rings. The maximum Gasteiger partial charge on any atom is 0.313 e. The number of hydrogen-bond acceptors (Lipinski definition) is 4. The lowest BCUT2D eigenvalue weighted by atomic mass is 10.1. The number of aryl methyl sites for hydroxylation is 3. The quantitative estimate of drug-likeness (QED) is 0.695. The molecule has 166 valence electrons. The molecule has 3 rings (SSSR count). The molecule has 2 amide bonds. The van der Waals surface area contributed by atoms with Gasteiger partial charge in [0, 0.05) is 24.8 Å². The Balaban J connectivity index is 1.67. The molecular weight excluding hydrogens is 414 g/mol. The van der Waals surface area contributed by atoms with E-state index in [0.717, 1.165) is 16.7 Å². The van der Waals surface area contributed by atoms with Crippen molar-refractivity contribution in [1.82, 2.24) is 9.62 Å². The van der Waals surface area contributed by atoms with Crippen LogP contribution in [-0.2, 0) is 19.6 Å². The summed E-state index contributed by atoms with van der Waals surface area (Å²) in [6, 6.07) is 10.4. The zero-order valence-electron chi connectivity index (χ0n) is 18.4. The summed E-state index contributed by atoms with van der Waals surface area (Å²) in [4.78, 5) is 24.9. The normalized spacial score (nSPS) is 16.8. The van der Waals surface area contributed by atoms with Gasteiger partial charge in [0.1, 0.15) is 0 Å². The summed E-state index contributed by atoms with van der Waals surface area (Å²) >= 11 is 0. The lowest BCUT2D eigenvalue weighted by Gasteiger charge is -2.25. The van der Waals surface area contributed by atoms with Crippen LogP contribution >= 0.6 is 0 Å². The monoisotopic (exact) mass is 443 g/mol. The van der Waals surface area contributed by atoms with Crippen molar-refractivity contribution in [2.75, 3.05) is 18.4 Å². The standard InChI is InChI=1S/C23H29N3O4S/c1-15-10-11-17(3)21(13-15)31(29,30)26-12-6-8-19(26)14-24-22(27)23(28)25-20-9-5-7-16(2)18(20)4/h5,7,9-11,13,19H,6,8,12,14H2,1-4H3,(H,24,27)(H,25,28). The minimum Gasteiger partial charge on any atom is -0.346 e. The molecule has 1 heterocycles. The minimum atomic E-state index is -3.69. The first-order chi connectivity index (χ1) is 14.6. The third kappa shape index (κ3) is 4.97. The topological polar surface area (TPSA) is 95.6 Å². The van der Waals surface area contributed by atoms with E-state index in [4.69, 9.17) is 0 Å². The molecule has 2 aromatic carbocycles. The van der Waals surface area contributed by atoms with Crippen LogP contribution in [0.1, 0.15) is 35.1 Å². The first-order valence-corrected chi connectivity index (χ1v) is 11.8. The fourth-order valence-electron chi connectivity index (χ4n) is 3.80. The van der Waals surface area contributed by atoms with E-state index >= 15 is 0 Å². The molecule has 8 heteroatoms. The number of sulfonamides is 1. The van der Waals surface area contributed by atoms with Crippen molar-refractivity contribution >= 4 is 27.5 Å². The molecule has 1 fully saturated rings. The largest absolute Gasteiger partial charge is 0.346 e. The predicted octanol–water partition coefficient (Wildman–Crippen LogP) is 2.83. The summed E-state index contributed by atoms with van der Waals surface area (Å²) < 4.78 is 27.9. The maximum atomic E-state index is 13.2. The maximum absolute atomic E-state index is 13.2. The second-order valence-corrected chi connectivity index (χ2v) is 9.95. The fraction of sp³-hybridized carbons (Fsp3) is 0.391. The molecule has 0 saturated carbocycles. The van der Waals surface area contributed by atoms with E-state index < -0.39 is 21.8 Å². The second-order valence-electron chi connectivity index (χ2n) is 8.09. The van der Waals surface area contributed by atoms with E-state index in [1.165, 1.54) is 4.31 Å². The zero-order chi connectivity index (χ0) is 22.8. The Morgan fingerprint density at radius 3 is 2.52 bits per heavy atom. The third-order valence-electron chi connectivity index (χ3n) is 5.81. The van der Waals surface area contributed by atoms with Crippen molar-refractivity contribution in [3.8, 4) is 0 Å². The molecule has 0 radical (unpaired) electrons. The van der Waals surface area contributed by atoms with Crippen LogP contribution in [0.3, 0.4) is 0 Å². The van der Waals surface area contributed by atoms with E-state index in [1.54, 1.807) is 25.1 Å². The van der Waals surface area contributed by atoms with Crippen LogP contribution in [0.25, 0.3) is 0 Å². The van der Waals surface area contributed by atoms with E-state index in [0.29, 0.717) is 35.5 Å². The molecule has 2 N–H and O–H groups in total. The van der Waals surface area contributed by atoms with E-state index in [-0.39, 0.29) is 12.6 Å². The van der Waals surface area contributed by atoms with Crippen LogP contribution < -0.4 is 10.6 Å². The summed E-state index contributed by atoms with van der Waals surface area (Å²) in [5, 5.41) is 5.23. The molecule has 1 aliphatic heterocycles. The van der Waals surface area contributed by atoms with Gasteiger partial charge >= 0.3 is 11.8 Å². The van der Waals surface area contributed by atoms with Gasteiger partial charge in [-0.2, -0.15) is 4.31 Å². The number of carbonyl (C=O) groups excluding carboxylic acids is 2. The van der Waals surface area contributed by atoms with Crippen molar-refractivity contribution in [1.29, 1.82) is 0 Å². The molecule has 0 aliphatic carbocycles. The first kappa shape index (κ1) is 23.0. The lowest BCUT2D eigenvalue weighted by Crippen LogP contribution is -2.45. The average Bonchev–Trinajstić information content (AvgIpc) is 3.21. The molecule has 31 heavy (non-hydrogen) atoms. The number of nitrogens with one attached hydrogen (secondary N) is 2. The molecule has 1 saturated heterocycles. The zero-order valence-corrected chi connectivity index (χ0v) is 19.2. The highest BCUT2D eigenvalue weighted by Gasteiger charge is 2.36. The highest BCUT2D eigenvalue weighted by atomic mass is 32.2. The number of rotatable bonds is 5. The van der Waals surface area contributed by atoms with E-state index in [2.05, 4.69) is 10.6 Å². The molecule has 0 aromatic heterocycles. The van der Waals surface area contributed by atoms with E-state index in [1.807, 2.05) is 39.0 Å². The predicted molar refractivity (Wildman–Crippen MR) is 120 cm³/mol. The van der Waals surface area contributed by atoms with Gasteiger partial charge in [0.25, 0.3) is 0 Å². The Labute approximate surface area is 183 Å². The van der Waals surface area contributed by atoms with Crippen LogP contribution in [0.15, 0.2) is 41.3 Å². The average molecular weight is 444 g/mol. The Bertz CT molecular complexity index is 1110. The van der Waals surface area contributed by atoms with Crippen molar-refractivity contribution in [3.63, 3.8) is 0 Å². The molecule has 0 spiro atoms. The molecule has 1 unspecified atom stereocenters. The molecule has 0 bridgehead atoms. The van der Waals surface area contributed by atoms with Gasteiger partial charge in [0.15, 0.2) is 0 Å². The molecule has 2 aromatic rings. The van der Waals surface area contributed by atoms with Crippen molar-refractivity contribution in [2.24, 2.45) is 0 Å². The Kier molecular flexibility index (Phi) is 6.81. The summed E-state index contributed by atoms with van der Waals surface area (Å²) in [5.74, 6) is -1.55. The van der Waals surface area contributed by atoms with Gasteiger partial charge in [-0.05, 0) is 74.9 Å². The van der Waals surface area contributed by atoms with E-state index in [9.17, 15) is 18.0 Å². The minimum absolute atomic E-state index is 0.0865.